The van der Waals surface area contributed by atoms with Gasteiger partial charge in [-0.2, -0.15) is 0 Å². The van der Waals surface area contributed by atoms with E-state index >= 15 is 0 Å². The highest BCUT2D eigenvalue weighted by Crippen LogP contribution is 2.41. The van der Waals surface area contributed by atoms with E-state index in [4.69, 9.17) is 15.2 Å². The maximum absolute atomic E-state index is 6.04. The Morgan fingerprint density at radius 1 is 1.41 bits per heavy atom. The number of hydrogen-bond donors (Lipinski definition) is 1. The van der Waals surface area contributed by atoms with Crippen LogP contribution < -0.4 is 15.2 Å². The van der Waals surface area contributed by atoms with Gasteiger partial charge >= 0.3 is 0 Å². The molecule has 0 saturated carbocycles. The predicted molar refractivity (Wildman–Crippen MR) is 71.7 cm³/mol. The molecule has 1 aliphatic heterocycles. The van der Waals surface area contributed by atoms with Gasteiger partial charge in [-0.3, -0.25) is 0 Å². The van der Waals surface area contributed by atoms with E-state index in [0.717, 1.165) is 39.9 Å². The van der Waals surface area contributed by atoms with Crippen LogP contribution in [0, 0.1) is 0 Å². The first kappa shape index (κ1) is 12.7. The highest BCUT2D eigenvalue weighted by atomic mass is 79.9. The zero-order valence-corrected chi connectivity index (χ0v) is 11.8. The van der Waals surface area contributed by atoms with E-state index in [0.29, 0.717) is 13.2 Å². The highest BCUT2D eigenvalue weighted by Gasteiger charge is 2.21. The second kappa shape index (κ2) is 5.27. The minimum Gasteiger partial charge on any atom is -0.490 e. The molecule has 1 aliphatic rings. The van der Waals surface area contributed by atoms with Crippen LogP contribution in [-0.4, -0.2) is 13.2 Å². The van der Waals surface area contributed by atoms with Crippen LogP contribution in [0.2, 0.25) is 0 Å². The van der Waals surface area contributed by atoms with Gasteiger partial charge in [0.05, 0.1) is 13.2 Å². The molecule has 1 aromatic rings. The molecule has 2 rings (SSSR count). The largest absolute Gasteiger partial charge is 0.490 e. The third-order valence-corrected chi connectivity index (χ3v) is 3.60. The monoisotopic (exact) mass is 299 g/mol. The highest BCUT2D eigenvalue weighted by molar-refractivity contribution is 9.10. The van der Waals surface area contributed by atoms with Crippen molar-refractivity contribution in [3.63, 3.8) is 0 Å². The summed E-state index contributed by atoms with van der Waals surface area (Å²) in [5, 5.41) is 0. The van der Waals surface area contributed by atoms with Crippen molar-refractivity contribution in [2.24, 2.45) is 5.73 Å². The molecule has 0 bridgehead atoms. The van der Waals surface area contributed by atoms with E-state index in [-0.39, 0.29) is 6.04 Å². The number of rotatable bonds is 2. The Morgan fingerprint density at radius 2 is 2.12 bits per heavy atom. The van der Waals surface area contributed by atoms with Crippen molar-refractivity contribution in [3.05, 3.63) is 21.7 Å². The lowest BCUT2D eigenvalue weighted by Crippen LogP contribution is -2.11. The van der Waals surface area contributed by atoms with Crippen molar-refractivity contribution < 1.29 is 9.47 Å². The maximum atomic E-state index is 6.04. The van der Waals surface area contributed by atoms with Crippen molar-refractivity contribution >= 4 is 15.9 Å². The summed E-state index contributed by atoms with van der Waals surface area (Å²) in [4.78, 5) is 0. The first-order chi connectivity index (χ1) is 8.15. The van der Waals surface area contributed by atoms with E-state index in [2.05, 4.69) is 22.9 Å². The van der Waals surface area contributed by atoms with Gasteiger partial charge < -0.3 is 15.2 Å². The average Bonchev–Trinajstić information content (AvgIpc) is 2.51. The van der Waals surface area contributed by atoms with Crippen molar-refractivity contribution in [1.82, 2.24) is 0 Å². The van der Waals surface area contributed by atoms with E-state index in [1.165, 1.54) is 0 Å². The SMILES string of the molecule is CCc1c2c(cc(Br)c1C(C)N)OCCCO2. The molecule has 0 fully saturated rings. The van der Waals surface area contributed by atoms with Crippen molar-refractivity contribution in [2.75, 3.05) is 13.2 Å². The summed E-state index contributed by atoms with van der Waals surface area (Å²) >= 11 is 3.58. The van der Waals surface area contributed by atoms with Crippen LogP contribution in [0.25, 0.3) is 0 Å². The van der Waals surface area contributed by atoms with Gasteiger partial charge in [-0.05, 0) is 25.0 Å². The van der Waals surface area contributed by atoms with Crippen LogP contribution >= 0.6 is 15.9 Å². The first-order valence-electron chi connectivity index (χ1n) is 6.01. The Balaban J connectivity index is 2.60. The van der Waals surface area contributed by atoms with Crippen LogP contribution in [0.15, 0.2) is 10.5 Å². The van der Waals surface area contributed by atoms with Gasteiger partial charge in [0, 0.05) is 22.5 Å². The molecule has 3 nitrogen and oxygen atoms in total. The minimum absolute atomic E-state index is 0.0171. The summed E-state index contributed by atoms with van der Waals surface area (Å²) in [6.45, 7) is 5.52. The van der Waals surface area contributed by atoms with Crippen molar-refractivity contribution in [1.29, 1.82) is 0 Å². The number of ether oxygens (including phenoxy) is 2. The fourth-order valence-electron chi connectivity index (χ4n) is 2.20. The standard InChI is InChI=1S/C13H18BrNO2/c1-3-9-12(8(2)15)10(14)7-11-13(9)17-6-4-5-16-11/h7-8H,3-6,15H2,1-2H3. The van der Waals surface area contributed by atoms with Crippen LogP contribution in [0.4, 0.5) is 0 Å². The molecular formula is C13H18BrNO2. The van der Waals surface area contributed by atoms with Crippen LogP contribution in [0.1, 0.15) is 37.4 Å². The van der Waals surface area contributed by atoms with Crippen molar-refractivity contribution in [3.8, 4) is 11.5 Å². The summed E-state index contributed by atoms with van der Waals surface area (Å²) in [6.07, 6.45) is 1.81. The molecule has 94 valence electrons. The Kier molecular flexibility index (Phi) is 3.94. The lowest BCUT2D eigenvalue weighted by Gasteiger charge is -2.19. The molecule has 1 unspecified atom stereocenters. The molecule has 2 N–H and O–H groups in total. The summed E-state index contributed by atoms with van der Waals surface area (Å²) in [7, 11) is 0. The van der Waals surface area contributed by atoms with Gasteiger partial charge in [0.2, 0.25) is 0 Å². The van der Waals surface area contributed by atoms with E-state index in [1.807, 2.05) is 13.0 Å². The van der Waals surface area contributed by atoms with Gasteiger partial charge in [0.25, 0.3) is 0 Å². The maximum Gasteiger partial charge on any atom is 0.164 e. The number of benzene rings is 1. The average molecular weight is 300 g/mol. The van der Waals surface area contributed by atoms with Crippen molar-refractivity contribution in [2.45, 2.75) is 32.7 Å². The van der Waals surface area contributed by atoms with Gasteiger partial charge in [-0.25, -0.2) is 0 Å². The Labute approximate surface area is 110 Å². The number of hydrogen-bond acceptors (Lipinski definition) is 3. The van der Waals surface area contributed by atoms with Crippen LogP contribution in [0.3, 0.4) is 0 Å². The molecule has 0 saturated heterocycles. The third kappa shape index (κ3) is 2.43. The Hall–Kier alpha value is -0.740. The van der Waals surface area contributed by atoms with Gasteiger partial charge in [0.15, 0.2) is 11.5 Å². The van der Waals surface area contributed by atoms with Gasteiger partial charge in [-0.1, -0.05) is 22.9 Å². The van der Waals surface area contributed by atoms with Gasteiger partial charge in [0.1, 0.15) is 0 Å². The molecule has 1 atom stereocenters. The predicted octanol–water partition coefficient (Wildman–Crippen LogP) is 3.19. The number of fused-ring (bicyclic) bond motifs is 1. The molecule has 4 heteroatoms. The minimum atomic E-state index is -0.0171. The van der Waals surface area contributed by atoms with Crippen LogP contribution in [-0.2, 0) is 6.42 Å². The summed E-state index contributed by atoms with van der Waals surface area (Å²) in [6, 6.07) is 1.95. The second-order valence-electron chi connectivity index (χ2n) is 4.27. The quantitative estimate of drug-likeness (QED) is 0.912. The fraction of sp³-hybridized carbons (Fsp3) is 0.538. The zero-order chi connectivity index (χ0) is 12.4. The third-order valence-electron chi connectivity index (χ3n) is 2.94. The Bertz CT molecular complexity index is 418. The molecule has 0 aliphatic carbocycles. The number of halogens is 1. The molecular weight excluding hydrogens is 282 g/mol. The number of nitrogens with two attached hydrogens (primary N) is 1. The smallest absolute Gasteiger partial charge is 0.164 e. The van der Waals surface area contributed by atoms with E-state index in [9.17, 15) is 0 Å². The fourth-order valence-corrected chi connectivity index (χ4v) is 3.01. The second-order valence-corrected chi connectivity index (χ2v) is 5.12. The molecule has 1 heterocycles. The molecule has 1 aromatic carbocycles. The molecule has 0 radical (unpaired) electrons. The summed E-state index contributed by atoms with van der Waals surface area (Å²) in [5.74, 6) is 1.70. The van der Waals surface area contributed by atoms with Crippen LogP contribution in [0.5, 0.6) is 11.5 Å². The summed E-state index contributed by atoms with van der Waals surface area (Å²) in [5.41, 5.74) is 8.32. The summed E-state index contributed by atoms with van der Waals surface area (Å²) < 4.78 is 12.5. The zero-order valence-electron chi connectivity index (χ0n) is 10.3. The topological polar surface area (TPSA) is 44.5 Å². The van der Waals surface area contributed by atoms with E-state index < -0.39 is 0 Å². The lowest BCUT2D eigenvalue weighted by atomic mass is 9.98. The molecule has 0 spiro atoms. The first-order valence-corrected chi connectivity index (χ1v) is 6.80. The molecule has 0 amide bonds. The van der Waals surface area contributed by atoms with E-state index in [1.54, 1.807) is 0 Å². The normalized spacial score (nSPS) is 16.5. The lowest BCUT2D eigenvalue weighted by molar-refractivity contribution is 0.296. The van der Waals surface area contributed by atoms with Gasteiger partial charge in [-0.15, -0.1) is 0 Å². The Morgan fingerprint density at radius 3 is 2.76 bits per heavy atom. The molecule has 17 heavy (non-hydrogen) atoms. The molecule has 0 aromatic heterocycles.